The van der Waals surface area contributed by atoms with Crippen LogP contribution in [-0.2, 0) is 19.1 Å². The average molecular weight is 624 g/mol. The van der Waals surface area contributed by atoms with E-state index in [1.165, 1.54) is 116 Å². The van der Waals surface area contributed by atoms with E-state index in [0.717, 1.165) is 64.3 Å². The van der Waals surface area contributed by atoms with Crippen LogP contribution in [0.15, 0.2) is 0 Å². The third kappa shape index (κ3) is 29.6. The third-order valence-corrected chi connectivity index (χ3v) is 8.97. The van der Waals surface area contributed by atoms with Crippen LogP contribution in [0.25, 0.3) is 0 Å². The summed E-state index contributed by atoms with van der Waals surface area (Å²) in [5.74, 6) is -0.233. The van der Waals surface area contributed by atoms with Crippen LogP contribution in [0.4, 0.5) is 0 Å². The summed E-state index contributed by atoms with van der Waals surface area (Å²) in [7, 11) is 4.11. The molecular weight excluding hydrogens is 546 g/mol. The van der Waals surface area contributed by atoms with Gasteiger partial charge in [0.2, 0.25) is 0 Å². The number of carbonyl (C=O) groups is 2. The summed E-state index contributed by atoms with van der Waals surface area (Å²) in [6, 6.07) is 0. The molecule has 0 bridgehead atoms. The average Bonchev–Trinajstić information content (AvgIpc) is 3.00. The smallest absolute Gasteiger partial charge is 0.309 e. The summed E-state index contributed by atoms with van der Waals surface area (Å²) < 4.78 is 11.9. The van der Waals surface area contributed by atoms with E-state index in [1.54, 1.807) is 0 Å². The molecule has 5 nitrogen and oxygen atoms in total. The Kier molecular flexibility index (Phi) is 32.4. The topological polar surface area (TPSA) is 55.8 Å². The van der Waals surface area contributed by atoms with E-state index < -0.39 is 0 Å². The van der Waals surface area contributed by atoms with Crippen molar-refractivity contribution in [2.24, 2.45) is 5.92 Å². The van der Waals surface area contributed by atoms with Gasteiger partial charge in [-0.25, -0.2) is 0 Å². The van der Waals surface area contributed by atoms with Crippen LogP contribution in [0.1, 0.15) is 201 Å². The highest BCUT2D eigenvalue weighted by molar-refractivity contribution is 5.72. The van der Waals surface area contributed by atoms with Gasteiger partial charge in [-0.15, -0.1) is 0 Å². The number of unbranched alkanes of at least 4 members (excludes halogenated alkanes) is 20. The number of hydrogen-bond donors (Lipinski definition) is 0. The number of esters is 2. The first-order valence-electron chi connectivity index (χ1n) is 19.4. The highest BCUT2D eigenvalue weighted by Gasteiger charge is 2.22. The van der Waals surface area contributed by atoms with Gasteiger partial charge in [-0.3, -0.25) is 9.59 Å². The molecule has 0 fully saturated rings. The first-order chi connectivity index (χ1) is 21.4. The van der Waals surface area contributed by atoms with Crippen molar-refractivity contribution in [3.8, 4) is 0 Å². The molecule has 0 aromatic heterocycles. The number of nitrogens with zero attached hydrogens (tertiary/aromatic N) is 1. The minimum atomic E-state index is -0.321. The Morgan fingerprint density at radius 2 is 0.932 bits per heavy atom. The molecule has 0 N–H and O–H groups in total. The molecule has 1 atom stereocenters. The van der Waals surface area contributed by atoms with E-state index >= 15 is 0 Å². The summed E-state index contributed by atoms with van der Waals surface area (Å²) in [6.07, 6.45) is 32.1. The van der Waals surface area contributed by atoms with Gasteiger partial charge in [0.15, 0.2) is 0 Å². The fraction of sp³-hybridized carbons (Fsp3) is 0.949. The number of hydrogen-bond acceptors (Lipinski definition) is 5. The zero-order chi connectivity index (χ0) is 32.5. The molecule has 0 saturated carbocycles. The number of ether oxygens (including phenoxy) is 2. The second-order valence-electron chi connectivity index (χ2n) is 13.8. The Bertz CT molecular complexity index is 605. The largest absolute Gasteiger partial charge is 0.462 e. The summed E-state index contributed by atoms with van der Waals surface area (Å²) in [5.41, 5.74) is 0. The fourth-order valence-corrected chi connectivity index (χ4v) is 5.99. The van der Waals surface area contributed by atoms with Crippen molar-refractivity contribution >= 4 is 11.9 Å². The van der Waals surface area contributed by atoms with Crippen molar-refractivity contribution in [3.05, 3.63) is 0 Å². The van der Waals surface area contributed by atoms with Crippen molar-refractivity contribution in [2.45, 2.75) is 207 Å². The molecule has 0 aliphatic carbocycles. The van der Waals surface area contributed by atoms with Gasteiger partial charge in [0.05, 0.1) is 5.92 Å². The van der Waals surface area contributed by atoms with E-state index in [1.807, 2.05) is 0 Å². The Morgan fingerprint density at radius 1 is 0.523 bits per heavy atom. The summed E-state index contributed by atoms with van der Waals surface area (Å²) >= 11 is 0. The SMILES string of the molecule is CCCCCCCCCCC(COC(=O)C(CCCCCCCCC)CCCCCCCCC)OC(=O)CCCCN(C)C. The molecule has 0 aromatic carbocycles. The normalized spacial score (nSPS) is 12.2. The van der Waals surface area contributed by atoms with Gasteiger partial charge in [0.25, 0.3) is 0 Å². The van der Waals surface area contributed by atoms with Gasteiger partial charge in [0, 0.05) is 6.42 Å². The molecule has 0 spiro atoms. The molecule has 0 heterocycles. The van der Waals surface area contributed by atoms with Gasteiger partial charge >= 0.3 is 11.9 Å². The monoisotopic (exact) mass is 624 g/mol. The zero-order valence-electron chi connectivity index (χ0n) is 30.4. The third-order valence-electron chi connectivity index (χ3n) is 8.97. The van der Waals surface area contributed by atoms with Crippen molar-refractivity contribution in [3.63, 3.8) is 0 Å². The maximum absolute atomic E-state index is 13.4. The molecular formula is C39H77NO4. The van der Waals surface area contributed by atoms with Crippen molar-refractivity contribution < 1.29 is 19.1 Å². The van der Waals surface area contributed by atoms with Gasteiger partial charge in [-0.2, -0.15) is 0 Å². The van der Waals surface area contributed by atoms with Gasteiger partial charge in [-0.1, -0.05) is 156 Å². The van der Waals surface area contributed by atoms with Gasteiger partial charge in [0.1, 0.15) is 12.7 Å². The number of rotatable bonds is 34. The maximum Gasteiger partial charge on any atom is 0.309 e. The Morgan fingerprint density at radius 3 is 1.36 bits per heavy atom. The highest BCUT2D eigenvalue weighted by atomic mass is 16.6. The first kappa shape index (κ1) is 42.9. The van der Waals surface area contributed by atoms with Crippen LogP contribution in [0.5, 0.6) is 0 Å². The van der Waals surface area contributed by atoms with Crippen molar-refractivity contribution in [1.82, 2.24) is 4.90 Å². The Balaban J connectivity index is 4.87. The Hall–Kier alpha value is -1.10. The van der Waals surface area contributed by atoms with E-state index in [0.29, 0.717) is 6.42 Å². The Labute approximate surface area is 275 Å². The van der Waals surface area contributed by atoms with Crippen molar-refractivity contribution in [2.75, 3.05) is 27.2 Å². The van der Waals surface area contributed by atoms with E-state index in [-0.39, 0.29) is 30.6 Å². The summed E-state index contributed by atoms with van der Waals surface area (Å²) in [6.45, 7) is 7.96. The molecule has 1 unspecified atom stereocenters. The van der Waals surface area contributed by atoms with Crippen LogP contribution in [-0.4, -0.2) is 50.2 Å². The minimum absolute atomic E-state index is 0.0215. The molecule has 0 aliphatic heterocycles. The molecule has 5 heteroatoms. The van der Waals surface area contributed by atoms with Crippen LogP contribution < -0.4 is 0 Å². The lowest BCUT2D eigenvalue weighted by atomic mass is 9.94. The molecule has 262 valence electrons. The summed E-state index contributed by atoms with van der Waals surface area (Å²) in [4.78, 5) is 28.2. The molecule has 0 aromatic rings. The molecule has 0 aliphatic rings. The van der Waals surface area contributed by atoms with Crippen LogP contribution in [0, 0.1) is 5.92 Å². The second-order valence-corrected chi connectivity index (χ2v) is 13.8. The van der Waals surface area contributed by atoms with Gasteiger partial charge < -0.3 is 14.4 Å². The predicted molar refractivity (Wildman–Crippen MR) is 189 cm³/mol. The lowest BCUT2D eigenvalue weighted by Gasteiger charge is -2.21. The maximum atomic E-state index is 13.4. The lowest BCUT2D eigenvalue weighted by Crippen LogP contribution is -2.28. The van der Waals surface area contributed by atoms with E-state index in [4.69, 9.17) is 9.47 Å². The molecule has 0 radical (unpaired) electrons. The fourth-order valence-electron chi connectivity index (χ4n) is 5.99. The summed E-state index contributed by atoms with van der Waals surface area (Å²) in [5, 5.41) is 0. The quantitative estimate of drug-likeness (QED) is 0.0527. The van der Waals surface area contributed by atoms with Crippen LogP contribution >= 0.6 is 0 Å². The van der Waals surface area contributed by atoms with Crippen molar-refractivity contribution in [1.29, 1.82) is 0 Å². The second kappa shape index (κ2) is 33.3. The minimum Gasteiger partial charge on any atom is -0.462 e. The van der Waals surface area contributed by atoms with Gasteiger partial charge in [-0.05, 0) is 59.2 Å². The zero-order valence-corrected chi connectivity index (χ0v) is 30.4. The number of carbonyl (C=O) groups excluding carboxylic acids is 2. The standard InChI is InChI=1S/C39H77NO4/c1-6-9-12-15-18-21-24-27-32-37(44-38(41)33-28-29-34-40(4)5)35-43-39(42)36(30-25-22-19-16-13-10-7-2)31-26-23-20-17-14-11-8-3/h36-37H,6-35H2,1-5H3. The van der Waals surface area contributed by atoms with Crippen LogP contribution in [0.3, 0.4) is 0 Å². The van der Waals surface area contributed by atoms with E-state index in [2.05, 4.69) is 39.8 Å². The highest BCUT2D eigenvalue weighted by Crippen LogP contribution is 2.22. The van der Waals surface area contributed by atoms with E-state index in [9.17, 15) is 9.59 Å². The molecule has 0 amide bonds. The van der Waals surface area contributed by atoms with Crippen LogP contribution in [0.2, 0.25) is 0 Å². The predicted octanol–water partition coefficient (Wildman–Crippen LogP) is 11.6. The molecule has 0 rings (SSSR count). The first-order valence-corrected chi connectivity index (χ1v) is 19.4. The lowest BCUT2D eigenvalue weighted by molar-refractivity contribution is -0.162. The molecule has 44 heavy (non-hydrogen) atoms. The molecule has 0 saturated heterocycles.